The summed E-state index contributed by atoms with van der Waals surface area (Å²) in [5.74, 6) is 0.268. The van der Waals surface area contributed by atoms with Crippen molar-refractivity contribution in [3.05, 3.63) is 28.6 Å². The molecule has 2 aliphatic heterocycles. The maximum atomic E-state index is 12.1. The lowest BCUT2D eigenvalue weighted by atomic mass is 10.3. The molecule has 0 unspecified atom stereocenters. The van der Waals surface area contributed by atoms with Gasteiger partial charge in [0.2, 0.25) is 11.9 Å². The summed E-state index contributed by atoms with van der Waals surface area (Å²) in [5.41, 5.74) is 2.68. The standard InChI is InChI=1S/C13H15N5OS/c1-8-5-9(2)16-12(15-8)17-11(19)6-10-7-20-13-14-3-4-18(10)13/h5,7H,3-4,6H2,1-2H3,(H,15,16,17,19). The number of amides is 1. The first-order chi connectivity index (χ1) is 9.61. The van der Waals surface area contributed by atoms with E-state index in [1.54, 1.807) is 11.8 Å². The molecule has 1 amide bonds. The number of nitrogens with zero attached hydrogens (tertiary/aromatic N) is 4. The van der Waals surface area contributed by atoms with Crippen molar-refractivity contribution >= 4 is 28.8 Å². The monoisotopic (exact) mass is 289 g/mol. The Bertz CT molecular complexity index is 605. The molecule has 1 aromatic heterocycles. The van der Waals surface area contributed by atoms with E-state index < -0.39 is 0 Å². The minimum Gasteiger partial charge on any atom is -0.322 e. The highest BCUT2D eigenvalue weighted by atomic mass is 32.2. The van der Waals surface area contributed by atoms with Crippen LogP contribution in [0.3, 0.4) is 0 Å². The predicted octanol–water partition coefficient (Wildman–Crippen LogP) is 1.68. The van der Waals surface area contributed by atoms with Crippen LogP contribution in [-0.4, -0.2) is 39.0 Å². The molecule has 1 N–H and O–H groups in total. The first-order valence-electron chi connectivity index (χ1n) is 6.41. The molecule has 3 rings (SSSR count). The summed E-state index contributed by atoms with van der Waals surface area (Å²) < 4.78 is 0. The van der Waals surface area contributed by atoms with Gasteiger partial charge in [-0.3, -0.25) is 15.1 Å². The Labute approximate surface area is 121 Å². The molecule has 0 aliphatic carbocycles. The van der Waals surface area contributed by atoms with E-state index in [2.05, 4.69) is 25.2 Å². The van der Waals surface area contributed by atoms with Gasteiger partial charge in [0.1, 0.15) is 0 Å². The second-order valence-corrected chi connectivity index (χ2v) is 5.58. The second kappa shape index (κ2) is 5.24. The van der Waals surface area contributed by atoms with E-state index in [9.17, 15) is 4.79 Å². The number of hydrogen-bond donors (Lipinski definition) is 1. The zero-order valence-corrected chi connectivity index (χ0v) is 12.2. The molecule has 0 aromatic carbocycles. The molecule has 0 radical (unpaired) electrons. The smallest absolute Gasteiger partial charge is 0.232 e. The maximum Gasteiger partial charge on any atom is 0.232 e. The first kappa shape index (κ1) is 13.1. The number of anilines is 1. The fraction of sp³-hybridized carbons (Fsp3) is 0.385. The van der Waals surface area contributed by atoms with Gasteiger partial charge in [-0.2, -0.15) is 0 Å². The molecule has 0 bridgehead atoms. The minimum atomic E-state index is -0.102. The van der Waals surface area contributed by atoms with E-state index >= 15 is 0 Å². The SMILES string of the molecule is Cc1cc(C)nc(NC(=O)CC2=CSC3=NCCN23)n1. The van der Waals surface area contributed by atoms with Gasteiger partial charge in [0.05, 0.1) is 13.0 Å². The molecule has 0 atom stereocenters. The van der Waals surface area contributed by atoms with Crippen molar-refractivity contribution in [2.24, 2.45) is 4.99 Å². The number of rotatable bonds is 3. The van der Waals surface area contributed by atoms with E-state index in [1.165, 1.54) is 0 Å². The number of amidine groups is 1. The van der Waals surface area contributed by atoms with Crippen LogP contribution in [0.5, 0.6) is 0 Å². The van der Waals surface area contributed by atoms with Crippen LogP contribution in [0.1, 0.15) is 17.8 Å². The molecular formula is C13H15N5OS. The number of carbonyl (C=O) groups excluding carboxylic acids is 1. The van der Waals surface area contributed by atoms with Gasteiger partial charge in [0.15, 0.2) is 5.17 Å². The summed E-state index contributed by atoms with van der Waals surface area (Å²) >= 11 is 1.58. The molecule has 0 saturated carbocycles. The van der Waals surface area contributed by atoms with Crippen LogP contribution in [0.2, 0.25) is 0 Å². The van der Waals surface area contributed by atoms with Gasteiger partial charge in [-0.15, -0.1) is 0 Å². The highest BCUT2D eigenvalue weighted by molar-refractivity contribution is 8.16. The van der Waals surface area contributed by atoms with E-state index in [0.717, 1.165) is 35.3 Å². The number of hydrogen-bond acceptors (Lipinski definition) is 6. The summed E-state index contributed by atoms with van der Waals surface area (Å²) in [6.07, 6.45) is 0.322. The molecule has 0 spiro atoms. The number of carbonyl (C=O) groups is 1. The fourth-order valence-electron chi connectivity index (χ4n) is 2.23. The van der Waals surface area contributed by atoms with E-state index in [-0.39, 0.29) is 5.91 Å². The minimum absolute atomic E-state index is 0.102. The molecule has 0 fully saturated rings. The summed E-state index contributed by atoms with van der Waals surface area (Å²) in [6, 6.07) is 1.87. The highest BCUT2D eigenvalue weighted by Crippen LogP contribution is 2.30. The quantitative estimate of drug-likeness (QED) is 0.916. The number of aromatic nitrogens is 2. The van der Waals surface area contributed by atoms with Gasteiger partial charge in [-0.25, -0.2) is 9.97 Å². The predicted molar refractivity (Wildman–Crippen MR) is 79.4 cm³/mol. The van der Waals surface area contributed by atoms with Gasteiger partial charge in [0, 0.05) is 23.6 Å². The fourth-order valence-corrected chi connectivity index (χ4v) is 3.18. The number of nitrogens with one attached hydrogen (secondary N) is 1. The largest absolute Gasteiger partial charge is 0.322 e. The van der Waals surface area contributed by atoms with Crippen LogP contribution in [0.4, 0.5) is 5.95 Å². The molecule has 2 aliphatic rings. The third kappa shape index (κ3) is 2.67. The van der Waals surface area contributed by atoms with Crippen LogP contribution in [-0.2, 0) is 4.79 Å². The Kier molecular flexibility index (Phi) is 3.43. The number of aliphatic imine (C=N–C) groups is 1. The lowest BCUT2D eigenvalue weighted by Crippen LogP contribution is -2.24. The molecule has 20 heavy (non-hydrogen) atoms. The zero-order chi connectivity index (χ0) is 14.1. The molecule has 6 nitrogen and oxygen atoms in total. The summed E-state index contributed by atoms with van der Waals surface area (Å²) in [5, 5.41) is 5.73. The van der Waals surface area contributed by atoms with Crippen LogP contribution < -0.4 is 5.32 Å². The average molecular weight is 289 g/mol. The molecule has 7 heteroatoms. The van der Waals surface area contributed by atoms with Crippen molar-refractivity contribution < 1.29 is 4.79 Å². The van der Waals surface area contributed by atoms with Crippen LogP contribution >= 0.6 is 11.8 Å². The van der Waals surface area contributed by atoms with E-state index in [0.29, 0.717) is 12.4 Å². The first-order valence-corrected chi connectivity index (χ1v) is 7.29. The molecule has 1 aromatic rings. The Morgan fingerprint density at radius 1 is 1.40 bits per heavy atom. The number of thioether (sulfide) groups is 1. The topological polar surface area (TPSA) is 70.5 Å². The second-order valence-electron chi connectivity index (χ2n) is 4.74. The van der Waals surface area contributed by atoms with Crippen molar-refractivity contribution in [3.8, 4) is 0 Å². The van der Waals surface area contributed by atoms with E-state index in [1.807, 2.05) is 25.3 Å². The van der Waals surface area contributed by atoms with Gasteiger partial charge in [0.25, 0.3) is 0 Å². The highest BCUT2D eigenvalue weighted by Gasteiger charge is 2.27. The lowest BCUT2D eigenvalue weighted by Gasteiger charge is -2.15. The van der Waals surface area contributed by atoms with Crippen molar-refractivity contribution in [2.75, 3.05) is 18.4 Å². The van der Waals surface area contributed by atoms with Crippen molar-refractivity contribution in [2.45, 2.75) is 20.3 Å². The van der Waals surface area contributed by atoms with Crippen LogP contribution in [0.25, 0.3) is 0 Å². The Balaban J connectivity index is 1.64. The Hall–Kier alpha value is -1.89. The molecule has 3 heterocycles. The third-order valence-electron chi connectivity index (χ3n) is 3.02. The van der Waals surface area contributed by atoms with Gasteiger partial charge in [-0.05, 0) is 25.3 Å². The summed E-state index contributed by atoms with van der Waals surface area (Å²) in [4.78, 5) is 26.9. The van der Waals surface area contributed by atoms with E-state index in [4.69, 9.17) is 0 Å². The number of aryl methyl sites for hydroxylation is 2. The summed E-state index contributed by atoms with van der Waals surface area (Å²) in [7, 11) is 0. The normalized spacial score (nSPS) is 16.8. The zero-order valence-electron chi connectivity index (χ0n) is 11.4. The Morgan fingerprint density at radius 3 is 2.90 bits per heavy atom. The van der Waals surface area contributed by atoms with Crippen molar-refractivity contribution in [1.82, 2.24) is 14.9 Å². The van der Waals surface area contributed by atoms with Gasteiger partial charge >= 0.3 is 0 Å². The lowest BCUT2D eigenvalue weighted by molar-refractivity contribution is -0.115. The molecular weight excluding hydrogens is 274 g/mol. The molecule has 104 valence electrons. The van der Waals surface area contributed by atoms with Crippen molar-refractivity contribution in [1.29, 1.82) is 0 Å². The van der Waals surface area contributed by atoms with Crippen LogP contribution in [0.15, 0.2) is 22.2 Å². The van der Waals surface area contributed by atoms with Gasteiger partial charge in [-0.1, -0.05) is 11.8 Å². The third-order valence-corrected chi connectivity index (χ3v) is 3.97. The summed E-state index contributed by atoms with van der Waals surface area (Å²) in [6.45, 7) is 5.43. The Morgan fingerprint density at radius 2 is 2.15 bits per heavy atom. The average Bonchev–Trinajstić information content (AvgIpc) is 2.92. The molecule has 0 saturated heterocycles. The maximum absolute atomic E-state index is 12.1. The van der Waals surface area contributed by atoms with Crippen LogP contribution in [0, 0.1) is 13.8 Å². The number of fused-ring (bicyclic) bond motifs is 1. The van der Waals surface area contributed by atoms with Crippen molar-refractivity contribution in [3.63, 3.8) is 0 Å². The van der Waals surface area contributed by atoms with Gasteiger partial charge < -0.3 is 4.90 Å².